The summed E-state index contributed by atoms with van der Waals surface area (Å²) in [5, 5.41) is 50.4. The van der Waals surface area contributed by atoms with Gasteiger partial charge in [-0.05, 0) is 67.2 Å². The molecule has 3 saturated heterocycles. The number of hydrogen-bond donors (Lipinski definition) is 5. The van der Waals surface area contributed by atoms with Crippen LogP contribution in [0.1, 0.15) is 35.1 Å². The fourth-order valence-electron chi connectivity index (χ4n) is 5.90. The summed E-state index contributed by atoms with van der Waals surface area (Å²) in [5.41, 5.74) is -3.04. The van der Waals surface area contributed by atoms with Crippen molar-refractivity contribution in [3.8, 4) is 11.5 Å². The summed E-state index contributed by atoms with van der Waals surface area (Å²) in [7, 11) is 0. The zero-order chi connectivity index (χ0) is 31.3. The van der Waals surface area contributed by atoms with E-state index in [0.717, 1.165) is 32.5 Å². The van der Waals surface area contributed by atoms with Gasteiger partial charge in [0.25, 0.3) is 0 Å². The number of phenols is 2. The van der Waals surface area contributed by atoms with Crippen LogP contribution in [0.3, 0.4) is 0 Å². The average molecular weight is 598 g/mol. The average Bonchev–Trinajstić information content (AvgIpc) is 3.05. The van der Waals surface area contributed by atoms with Gasteiger partial charge in [-0.25, -0.2) is 9.59 Å². The molecule has 9 nitrogen and oxygen atoms in total. The highest BCUT2D eigenvalue weighted by Gasteiger charge is 2.45. The summed E-state index contributed by atoms with van der Waals surface area (Å²) < 4.78 is 5.83. The first-order valence-corrected chi connectivity index (χ1v) is 14.4. The minimum absolute atomic E-state index is 0.00695. The van der Waals surface area contributed by atoms with Gasteiger partial charge in [-0.2, -0.15) is 0 Å². The largest absolute Gasteiger partial charge is 0.508 e. The van der Waals surface area contributed by atoms with Crippen molar-refractivity contribution in [3.05, 3.63) is 131 Å². The van der Waals surface area contributed by atoms with Crippen molar-refractivity contribution >= 4 is 11.9 Å². The molecule has 7 rings (SSSR count). The molecule has 9 heteroatoms. The lowest BCUT2D eigenvalue weighted by Gasteiger charge is -2.44. The number of esters is 1. The van der Waals surface area contributed by atoms with Crippen molar-refractivity contribution < 1.29 is 39.9 Å². The number of piperidine rings is 3. The van der Waals surface area contributed by atoms with Gasteiger partial charge in [-0.1, -0.05) is 84.9 Å². The van der Waals surface area contributed by atoms with E-state index in [1.54, 1.807) is 54.6 Å². The van der Waals surface area contributed by atoms with E-state index in [4.69, 9.17) is 4.74 Å². The van der Waals surface area contributed by atoms with E-state index < -0.39 is 23.1 Å². The lowest BCUT2D eigenvalue weighted by molar-refractivity contribution is -0.177. The molecule has 0 saturated carbocycles. The minimum atomic E-state index is -2.17. The molecule has 0 aliphatic carbocycles. The Bertz CT molecular complexity index is 1590. The van der Waals surface area contributed by atoms with Crippen LogP contribution < -0.4 is 0 Å². The summed E-state index contributed by atoms with van der Waals surface area (Å²) >= 11 is 0. The molecule has 0 spiro atoms. The number of aliphatic carboxylic acids is 1. The van der Waals surface area contributed by atoms with E-state index >= 15 is 0 Å². The molecular formula is C35H35NO8. The van der Waals surface area contributed by atoms with E-state index in [9.17, 15) is 35.1 Å². The van der Waals surface area contributed by atoms with Gasteiger partial charge < -0.3 is 30.3 Å². The van der Waals surface area contributed by atoms with Crippen LogP contribution in [-0.2, 0) is 25.5 Å². The van der Waals surface area contributed by atoms with Crippen LogP contribution in [0.25, 0.3) is 0 Å². The van der Waals surface area contributed by atoms with Crippen molar-refractivity contribution in [2.45, 2.75) is 30.1 Å². The Labute approximate surface area is 255 Å². The van der Waals surface area contributed by atoms with Crippen molar-refractivity contribution in [1.29, 1.82) is 0 Å². The number of benzene rings is 4. The van der Waals surface area contributed by atoms with Gasteiger partial charge in [0.15, 0.2) is 0 Å². The number of fused-ring (bicyclic) bond motifs is 3. The van der Waals surface area contributed by atoms with Crippen LogP contribution in [0.5, 0.6) is 11.5 Å². The number of aromatic hydroxyl groups is 2. The predicted octanol–water partition coefficient (Wildman–Crippen LogP) is 3.98. The number of phenolic OH excluding ortho intramolecular Hbond substituents is 2. The van der Waals surface area contributed by atoms with Crippen LogP contribution in [0.2, 0.25) is 0 Å². The number of carbonyl (C=O) groups is 2. The molecule has 3 aliphatic rings. The van der Waals surface area contributed by atoms with E-state index in [2.05, 4.69) is 4.90 Å². The smallest absolute Gasteiger partial charge is 0.348 e. The Morgan fingerprint density at radius 1 is 0.659 bits per heavy atom. The van der Waals surface area contributed by atoms with Crippen LogP contribution in [0.4, 0.5) is 0 Å². The predicted molar refractivity (Wildman–Crippen MR) is 162 cm³/mol. The maximum absolute atomic E-state index is 13.1. The van der Waals surface area contributed by atoms with Crippen molar-refractivity contribution in [1.82, 2.24) is 4.90 Å². The van der Waals surface area contributed by atoms with E-state index in [1.807, 2.05) is 6.07 Å². The number of rotatable bonds is 7. The molecule has 0 aromatic heterocycles. The lowest BCUT2D eigenvalue weighted by Crippen LogP contribution is -2.53. The Kier molecular flexibility index (Phi) is 9.01. The number of carboxylic acids is 1. The highest BCUT2D eigenvalue weighted by atomic mass is 16.6. The summed E-state index contributed by atoms with van der Waals surface area (Å²) in [4.78, 5) is 26.9. The van der Waals surface area contributed by atoms with Crippen molar-refractivity contribution in [2.24, 2.45) is 5.92 Å². The maximum Gasteiger partial charge on any atom is 0.348 e. The molecule has 4 aromatic rings. The molecule has 3 atom stereocenters. The third-order valence-corrected chi connectivity index (χ3v) is 8.37. The maximum atomic E-state index is 13.1. The molecule has 0 unspecified atom stereocenters. The molecular weight excluding hydrogens is 562 g/mol. The van der Waals surface area contributed by atoms with Crippen LogP contribution in [0, 0.1) is 5.92 Å². The summed E-state index contributed by atoms with van der Waals surface area (Å²) in [6, 6.07) is 28.6. The highest BCUT2D eigenvalue weighted by molar-refractivity contribution is 5.86. The Balaban J connectivity index is 0.000000187. The molecule has 0 amide bonds. The SMILES string of the molecule is O=C(O)[C@](O)(c1ccccc1)c1cccc(O)c1.O=C(O[C@H]1CN2CCC1CC2)[C@](O)(c1ccccc1)c1cccc(O)c1. The van der Waals surface area contributed by atoms with Gasteiger partial charge in [-0.15, -0.1) is 0 Å². The zero-order valence-electron chi connectivity index (χ0n) is 24.0. The Morgan fingerprint density at radius 3 is 1.55 bits per heavy atom. The normalized spacial score (nSPS) is 21.5. The Morgan fingerprint density at radius 2 is 1.11 bits per heavy atom. The van der Waals surface area contributed by atoms with Crippen LogP contribution in [-0.4, -0.2) is 68.1 Å². The van der Waals surface area contributed by atoms with Crippen LogP contribution >= 0.6 is 0 Å². The van der Waals surface area contributed by atoms with Gasteiger partial charge in [-0.3, -0.25) is 4.90 Å². The standard InChI is InChI=1S/C21H23NO4.C14H12O4/c23-18-8-4-7-17(13-18)21(25,16-5-2-1-3-6-16)20(24)26-19-14-22-11-9-15(19)10-12-22;15-12-8-4-7-11(9-12)14(18,13(16)17)10-5-2-1-3-6-10/h1-8,13,15,19,23,25H,9-12,14H2;1-9,15,18H,(H,16,17)/t19-,21-;14-/m00/s1. The number of aliphatic hydroxyl groups is 2. The number of carbonyl (C=O) groups excluding carboxylic acids is 1. The van der Waals surface area contributed by atoms with Gasteiger partial charge >= 0.3 is 11.9 Å². The Hall–Kier alpha value is -4.70. The molecule has 228 valence electrons. The summed E-state index contributed by atoms with van der Waals surface area (Å²) in [5.74, 6) is -1.82. The van der Waals surface area contributed by atoms with Gasteiger partial charge in [0.1, 0.15) is 17.6 Å². The van der Waals surface area contributed by atoms with E-state index in [1.165, 1.54) is 48.5 Å². The third kappa shape index (κ3) is 6.16. The fraction of sp³-hybridized carbons (Fsp3) is 0.257. The molecule has 3 heterocycles. The fourth-order valence-corrected chi connectivity index (χ4v) is 5.90. The highest BCUT2D eigenvalue weighted by Crippen LogP contribution is 2.36. The first-order valence-electron chi connectivity index (χ1n) is 14.4. The number of carboxylic acid groups (broad SMARTS) is 1. The second-order valence-electron chi connectivity index (χ2n) is 11.1. The molecule has 3 aliphatic heterocycles. The quantitative estimate of drug-likeness (QED) is 0.200. The molecule has 44 heavy (non-hydrogen) atoms. The second kappa shape index (κ2) is 12.9. The van der Waals surface area contributed by atoms with Crippen molar-refractivity contribution in [3.63, 3.8) is 0 Å². The van der Waals surface area contributed by atoms with Crippen LogP contribution in [0.15, 0.2) is 109 Å². The van der Waals surface area contributed by atoms with Gasteiger partial charge in [0.2, 0.25) is 11.2 Å². The molecule has 3 fully saturated rings. The monoisotopic (exact) mass is 597 g/mol. The molecule has 0 radical (unpaired) electrons. The summed E-state index contributed by atoms with van der Waals surface area (Å²) in [6.45, 7) is 2.82. The first kappa shape index (κ1) is 30.7. The van der Waals surface area contributed by atoms with Gasteiger partial charge in [0.05, 0.1) is 0 Å². The topological polar surface area (TPSA) is 148 Å². The minimum Gasteiger partial charge on any atom is -0.508 e. The number of nitrogens with zero attached hydrogens (tertiary/aromatic N) is 1. The third-order valence-electron chi connectivity index (χ3n) is 8.37. The molecule has 5 N–H and O–H groups in total. The first-order chi connectivity index (χ1) is 21.1. The summed E-state index contributed by atoms with van der Waals surface area (Å²) in [6.07, 6.45) is 1.85. The molecule has 2 bridgehead atoms. The van der Waals surface area contributed by atoms with E-state index in [-0.39, 0.29) is 28.7 Å². The zero-order valence-corrected chi connectivity index (χ0v) is 24.0. The molecule has 4 aromatic carbocycles. The number of ether oxygens (including phenoxy) is 1. The van der Waals surface area contributed by atoms with Gasteiger partial charge in [0, 0.05) is 17.7 Å². The number of hydrogen-bond acceptors (Lipinski definition) is 8. The van der Waals surface area contributed by atoms with E-state index in [0.29, 0.717) is 17.0 Å². The lowest BCUT2D eigenvalue weighted by atomic mass is 9.84. The van der Waals surface area contributed by atoms with Crippen molar-refractivity contribution in [2.75, 3.05) is 19.6 Å². The second-order valence-corrected chi connectivity index (χ2v) is 11.1.